The predicted octanol–water partition coefficient (Wildman–Crippen LogP) is 3.79. The molecule has 0 heterocycles. The number of benzene rings is 2. The van der Waals surface area contributed by atoms with Gasteiger partial charge in [-0.15, -0.1) is 0 Å². The second-order valence-corrected chi connectivity index (χ2v) is 5.16. The molecule has 0 amide bonds. The lowest BCUT2D eigenvalue weighted by atomic mass is 10.2. The van der Waals surface area contributed by atoms with E-state index >= 15 is 0 Å². The number of nitriles is 1. The van der Waals surface area contributed by atoms with E-state index in [1.807, 2.05) is 55.6 Å². The van der Waals surface area contributed by atoms with Gasteiger partial charge in [0.05, 0.1) is 24.4 Å². The van der Waals surface area contributed by atoms with Gasteiger partial charge < -0.3 is 4.90 Å². The first-order chi connectivity index (χ1) is 10.7. The summed E-state index contributed by atoms with van der Waals surface area (Å²) in [6.07, 6.45) is 2.32. The Morgan fingerprint density at radius 3 is 2.45 bits per heavy atom. The molecule has 0 aromatic heterocycles. The molecule has 22 heavy (non-hydrogen) atoms. The maximum Gasteiger partial charge on any atom is 0.0640 e. The van der Waals surface area contributed by atoms with Crippen LogP contribution in [-0.4, -0.2) is 19.8 Å². The van der Waals surface area contributed by atoms with Crippen LogP contribution in [0.5, 0.6) is 0 Å². The summed E-state index contributed by atoms with van der Waals surface area (Å²) in [5.41, 5.74) is 7.32. The number of hydrazone groups is 1. The van der Waals surface area contributed by atoms with Crippen molar-refractivity contribution in [2.45, 2.75) is 13.3 Å². The third-order valence-electron chi connectivity index (χ3n) is 3.35. The zero-order valence-corrected chi connectivity index (χ0v) is 13.0. The van der Waals surface area contributed by atoms with Crippen molar-refractivity contribution >= 4 is 17.6 Å². The summed E-state index contributed by atoms with van der Waals surface area (Å²) in [5, 5.41) is 12.8. The van der Waals surface area contributed by atoms with E-state index < -0.39 is 0 Å². The smallest absolute Gasteiger partial charge is 0.0640 e. The van der Waals surface area contributed by atoms with Gasteiger partial charge in [-0.1, -0.05) is 29.8 Å². The van der Waals surface area contributed by atoms with Crippen molar-refractivity contribution in [1.29, 1.82) is 5.26 Å². The SMILES string of the molecule is Cc1ccc(N/N=C\c2ccc(N(C)CCC#N)cc2)cc1. The molecule has 112 valence electrons. The summed E-state index contributed by atoms with van der Waals surface area (Å²) in [5.74, 6) is 0. The lowest BCUT2D eigenvalue weighted by Gasteiger charge is -2.17. The van der Waals surface area contributed by atoms with Crippen molar-refractivity contribution in [3.63, 3.8) is 0 Å². The summed E-state index contributed by atoms with van der Waals surface area (Å²) in [4.78, 5) is 2.06. The van der Waals surface area contributed by atoms with Gasteiger partial charge in [0.1, 0.15) is 0 Å². The molecule has 0 spiro atoms. The minimum absolute atomic E-state index is 0.528. The lowest BCUT2D eigenvalue weighted by molar-refractivity contribution is 0.905. The number of hydrogen-bond acceptors (Lipinski definition) is 4. The van der Waals surface area contributed by atoms with Crippen LogP contribution in [0.2, 0.25) is 0 Å². The van der Waals surface area contributed by atoms with Gasteiger partial charge in [0, 0.05) is 19.3 Å². The van der Waals surface area contributed by atoms with Gasteiger partial charge in [0.15, 0.2) is 0 Å². The Morgan fingerprint density at radius 2 is 1.82 bits per heavy atom. The zero-order chi connectivity index (χ0) is 15.8. The quantitative estimate of drug-likeness (QED) is 0.651. The molecule has 0 atom stereocenters. The van der Waals surface area contributed by atoms with E-state index in [-0.39, 0.29) is 0 Å². The van der Waals surface area contributed by atoms with E-state index in [9.17, 15) is 0 Å². The molecule has 4 heteroatoms. The Labute approximate surface area is 131 Å². The maximum atomic E-state index is 8.61. The molecular weight excluding hydrogens is 272 g/mol. The molecule has 2 aromatic carbocycles. The number of nitrogens with zero attached hydrogens (tertiary/aromatic N) is 3. The molecule has 2 aromatic rings. The van der Waals surface area contributed by atoms with Crippen molar-refractivity contribution in [1.82, 2.24) is 0 Å². The monoisotopic (exact) mass is 292 g/mol. The largest absolute Gasteiger partial charge is 0.374 e. The Morgan fingerprint density at radius 1 is 1.14 bits per heavy atom. The summed E-state index contributed by atoms with van der Waals surface area (Å²) in [7, 11) is 1.99. The second kappa shape index (κ2) is 7.84. The second-order valence-electron chi connectivity index (χ2n) is 5.16. The number of nitrogens with one attached hydrogen (secondary N) is 1. The van der Waals surface area contributed by atoms with Crippen molar-refractivity contribution in [2.24, 2.45) is 5.10 Å². The predicted molar refractivity (Wildman–Crippen MR) is 92.3 cm³/mol. The fraction of sp³-hybridized carbons (Fsp3) is 0.222. The van der Waals surface area contributed by atoms with Gasteiger partial charge in [0.2, 0.25) is 0 Å². The molecule has 0 fully saturated rings. The van der Waals surface area contributed by atoms with Crippen LogP contribution >= 0.6 is 0 Å². The molecule has 1 N–H and O–H groups in total. The number of aryl methyl sites for hydroxylation is 1. The highest BCUT2D eigenvalue weighted by Crippen LogP contribution is 2.13. The van der Waals surface area contributed by atoms with Crippen LogP contribution in [0.15, 0.2) is 53.6 Å². The summed E-state index contributed by atoms with van der Waals surface area (Å²) in [6.45, 7) is 2.79. The van der Waals surface area contributed by atoms with Crippen LogP contribution in [0.4, 0.5) is 11.4 Å². The normalized spacial score (nSPS) is 10.4. The Bertz CT molecular complexity index is 651. The van der Waals surface area contributed by atoms with Crippen LogP contribution in [0.1, 0.15) is 17.5 Å². The highest BCUT2D eigenvalue weighted by atomic mass is 15.3. The molecule has 0 unspecified atom stereocenters. The van der Waals surface area contributed by atoms with E-state index in [0.29, 0.717) is 6.42 Å². The van der Waals surface area contributed by atoms with E-state index in [1.165, 1.54) is 5.56 Å². The molecule has 0 saturated carbocycles. The summed E-state index contributed by atoms with van der Waals surface area (Å²) in [6, 6.07) is 18.3. The first-order valence-corrected chi connectivity index (χ1v) is 7.23. The minimum Gasteiger partial charge on any atom is -0.374 e. The Hall–Kier alpha value is -2.80. The third-order valence-corrected chi connectivity index (χ3v) is 3.35. The average molecular weight is 292 g/mol. The molecule has 0 aliphatic carbocycles. The van der Waals surface area contributed by atoms with E-state index in [1.54, 1.807) is 6.21 Å². The van der Waals surface area contributed by atoms with E-state index in [0.717, 1.165) is 23.5 Å². The van der Waals surface area contributed by atoms with E-state index in [2.05, 4.69) is 28.4 Å². The van der Waals surface area contributed by atoms with Crippen molar-refractivity contribution in [3.05, 3.63) is 59.7 Å². The molecular formula is C18H20N4. The van der Waals surface area contributed by atoms with Crippen LogP contribution in [0, 0.1) is 18.3 Å². The van der Waals surface area contributed by atoms with Gasteiger partial charge in [-0.05, 0) is 36.8 Å². The van der Waals surface area contributed by atoms with Gasteiger partial charge in [0.25, 0.3) is 0 Å². The van der Waals surface area contributed by atoms with Gasteiger partial charge in [-0.25, -0.2) is 0 Å². The van der Waals surface area contributed by atoms with Crippen molar-refractivity contribution < 1.29 is 0 Å². The fourth-order valence-electron chi connectivity index (χ4n) is 1.97. The number of anilines is 2. The molecule has 0 bridgehead atoms. The molecule has 0 saturated heterocycles. The minimum atomic E-state index is 0.528. The molecule has 0 aliphatic rings. The van der Waals surface area contributed by atoms with Gasteiger partial charge in [-0.2, -0.15) is 10.4 Å². The van der Waals surface area contributed by atoms with Gasteiger partial charge in [-0.3, -0.25) is 5.43 Å². The van der Waals surface area contributed by atoms with Crippen LogP contribution in [-0.2, 0) is 0 Å². The molecule has 4 nitrogen and oxygen atoms in total. The standard InChI is InChI=1S/C18H20N4/c1-15-4-8-17(9-5-15)21-20-14-16-6-10-18(11-7-16)22(2)13-3-12-19/h4-11,14,21H,3,13H2,1-2H3/b20-14-. The Balaban J connectivity index is 1.92. The van der Waals surface area contributed by atoms with Crippen molar-refractivity contribution in [3.8, 4) is 6.07 Å². The average Bonchev–Trinajstić information content (AvgIpc) is 2.55. The Kier molecular flexibility index (Phi) is 5.56. The van der Waals surface area contributed by atoms with E-state index in [4.69, 9.17) is 5.26 Å². The highest BCUT2D eigenvalue weighted by Gasteiger charge is 1.99. The highest BCUT2D eigenvalue weighted by molar-refractivity contribution is 5.81. The lowest BCUT2D eigenvalue weighted by Crippen LogP contribution is -2.17. The zero-order valence-electron chi connectivity index (χ0n) is 13.0. The molecule has 0 aliphatic heterocycles. The van der Waals surface area contributed by atoms with Crippen molar-refractivity contribution in [2.75, 3.05) is 23.9 Å². The van der Waals surface area contributed by atoms with Gasteiger partial charge >= 0.3 is 0 Å². The summed E-state index contributed by atoms with van der Waals surface area (Å²) < 4.78 is 0. The number of hydrogen-bond donors (Lipinski definition) is 1. The topological polar surface area (TPSA) is 51.4 Å². The maximum absolute atomic E-state index is 8.61. The molecule has 2 rings (SSSR count). The molecule has 0 radical (unpaired) electrons. The number of rotatable bonds is 6. The van der Waals surface area contributed by atoms with Crippen LogP contribution in [0.25, 0.3) is 0 Å². The van der Waals surface area contributed by atoms with Crippen LogP contribution < -0.4 is 10.3 Å². The van der Waals surface area contributed by atoms with Crippen LogP contribution in [0.3, 0.4) is 0 Å². The first-order valence-electron chi connectivity index (χ1n) is 7.23. The summed E-state index contributed by atoms with van der Waals surface area (Å²) >= 11 is 0. The first kappa shape index (κ1) is 15.6. The fourth-order valence-corrected chi connectivity index (χ4v) is 1.97. The third kappa shape index (κ3) is 4.64.